The van der Waals surface area contributed by atoms with Gasteiger partial charge in [-0.2, -0.15) is 0 Å². The van der Waals surface area contributed by atoms with Gasteiger partial charge in [-0.15, -0.1) is 0 Å². The van der Waals surface area contributed by atoms with Gasteiger partial charge in [0.15, 0.2) is 0 Å². The maximum absolute atomic E-state index is 6.11. The molecule has 2 rings (SSSR count). The van der Waals surface area contributed by atoms with Crippen molar-refractivity contribution in [3.63, 3.8) is 0 Å². The molecule has 1 aromatic heterocycles. The van der Waals surface area contributed by atoms with Gasteiger partial charge in [0.25, 0.3) is 0 Å². The molecule has 0 saturated carbocycles. The van der Waals surface area contributed by atoms with Crippen molar-refractivity contribution in [2.45, 2.75) is 0 Å². The number of nitrogens with zero attached hydrogens (tertiary/aromatic N) is 2. The maximum atomic E-state index is 6.11. The average molecular weight is 270 g/mol. The molecule has 0 amide bonds. The summed E-state index contributed by atoms with van der Waals surface area (Å²) in [4.78, 5) is 8.18. The fraction of sp³-hybridized carbons (Fsp3) is 0. The molecule has 0 N–H and O–H groups in total. The van der Waals surface area contributed by atoms with E-state index in [4.69, 9.17) is 11.6 Å². The first-order valence-electron chi connectivity index (χ1n) is 3.99. The molecule has 0 fully saturated rings. The Morgan fingerprint density at radius 1 is 1.21 bits per heavy atom. The van der Waals surface area contributed by atoms with Gasteiger partial charge in [-0.1, -0.05) is 23.7 Å². The van der Waals surface area contributed by atoms with Crippen LogP contribution in [0.15, 0.2) is 41.3 Å². The standard InChI is InChI=1S/C10H6BrClN2/c11-8-3-1-2-7(10(8)12)9-6-13-4-5-14-9/h1-6H. The zero-order valence-corrected chi connectivity index (χ0v) is 9.46. The summed E-state index contributed by atoms with van der Waals surface area (Å²) in [5, 5.41) is 0.660. The average Bonchev–Trinajstić information content (AvgIpc) is 2.23. The Morgan fingerprint density at radius 3 is 2.79 bits per heavy atom. The molecule has 0 atom stereocenters. The van der Waals surface area contributed by atoms with Gasteiger partial charge in [0.1, 0.15) is 0 Å². The summed E-state index contributed by atoms with van der Waals surface area (Å²) in [6, 6.07) is 5.72. The lowest BCUT2D eigenvalue weighted by molar-refractivity contribution is 1.20. The third-order valence-electron chi connectivity index (χ3n) is 1.79. The van der Waals surface area contributed by atoms with Gasteiger partial charge in [-0.3, -0.25) is 9.97 Å². The lowest BCUT2D eigenvalue weighted by Crippen LogP contribution is -1.85. The zero-order valence-electron chi connectivity index (χ0n) is 7.11. The van der Waals surface area contributed by atoms with Crippen LogP contribution in [0.2, 0.25) is 5.02 Å². The first-order chi connectivity index (χ1) is 6.79. The molecule has 4 heteroatoms. The largest absolute Gasteiger partial charge is 0.261 e. The van der Waals surface area contributed by atoms with Crippen LogP contribution < -0.4 is 0 Å². The second-order valence-electron chi connectivity index (χ2n) is 2.69. The fourth-order valence-electron chi connectivity index (χ4n) is 1.14. The predicted molar refractivity (Wildman–Crippen MR) is 60.2 cm³/mol. The number of aromatic nitrogens is 2. The summed E-state index contributed by atoms with van der Waals surface area (Å²) in [5.74, 6) is 0. The van der Waals surface area contributed by atoms with Crippen LogP contribution in [0.25, 0.3) is 11.3 Å². The molecule has 0 saturated heterocycles. The molecular formula is C10H6BrClN2. The Balaban J connectivity index is 2.58. The molecule has 2 nitrogen and oxygen atoms in total. The van der Waals surface area contributed by atoms with Crippen LogP contribution in [0.1, 0.15) is 0 Å². The van der Waals surface area contributed by atoms with Gasteiger partial charge in [0.2, 0.25) is 0 Å². The highest BCUT2D eigenvalue weighted by Crippen LogP contribution is 2.31. The minimum absolute atomic E-state index is 0.660. The van der Waals surface area contributed by atoms with Crippen molar-refractivity contribution in [1.82, 2.24) is 9.97 Å². The Morgan fingerprint density at radius 2 is 2.07 bits per heavy atom. The van der Waals surface area contributed by atoms with E-state index in [2.05, 4.69) is 25.9 Å². The van der Waals surface area contributed by atoms with Crippen molar-refractivity contribution in [3.05, 3.63) is 46.3 Å². The second kappa shape index (κ2) is 4.07. The lowest BCUT2D eigenvalue weighted by Gasteiger charge is -2.03. The molecule has 0 aliphatic rings. The monoisotopic (exact) mass is 268 g/mol. The van der Waals surface area contributed by atoms with Crippen LogP contribution in [0.4, 0.5) is 0 Å². The quantitative estimate of drug-likeness (QED) is 0.791. The first kappa shape index (κ1) is 9.62. The van der Waals surface area contributed by atoms with E-state index >= 15 is 0 Å². The van der Waals surface area contributed by atoms with Crippen LogP contribution in [-0.2, 0) is 0 Å². The van der Waals surface area contributed by atoms with E-state index in [1.807, 2.05) is 18.2 Å². The Kier molecular flexibility index (Phi) is 2.79. The summed E-state index contributed by atoms with van der Waals surface area (Å²) in [6.45, 7) is 0. The van der Waals surface area contributed by atoms with Crippen LogP contribution in [0, 0.1) is 0 Å². The van der Waals surface area contributed by atoms with E-state index < -0.39 is 0 Å². The molecule has 0 unspecified atom stereocenters. The molecule has 14 heavy (non-hydrogen) atoms. The van der Waals surface area contributed by atoms with E-state index in [-0.39, 0.29) is 0 Å². The van der Waals surface area contributed by atoms with Crippen LogP contribution in [0.3, 0.4) is 0 Å². The predicted octanol–water partition coefficient (Wildman–Crippen LogP) is 3.56. The third-order valence-corrected chi connectivity index (χ3v) is 3.09. The summed E-state index contributed by atoms with van der Waals surface area (Å²) in [6.07, 6.45) is 4.97. The van der Waals surface area contributed by atoms with E-state index in [9.17, 15) is 0 Å². The molecule has 1 heterocycles. The number of hydrogen-bond donors (Lipinski definition) is 0. The highest BCUT2D eigenvalue weighted by atomic mass is 79.9. The van der Waals surface area contributed by atoms with Gasteiger partial charge < -0.3 is 0 Å². The van der Waals surface area contributed by atoms with Crippen LogP contribution in [-0.4, -0.2) is 9.97 Å². The summed E-state index contributed by atoms with van der Waals surface area (Å²) < 4.78 is 0.863. The molecule has 0 bridgehead atoms. The molecule has 2 aromatic rings. The van der Waals surface area contributed by atoms with E-state index in [1.165, 1.54) is 0 Å². The van der Waals surface area contributed by atoms with E-state index in [0.717, 1.165) is 15.7 Å². The minimum atomic E-state index is 0.660. The molecule has 0 aliphatic heterocycles. The van der Waals surface area contributed by atoms with E-state index in [0.29, 0.717) is 5.02 Å². The minimum Gasteiger partial charge on any atom is -0.261 e. The number of halogens is 2. The molecule has 0 aliphatic carbocycles. The topological polar surface area (TPSA) is 25.8 Å². The van der Waals surface area contributed by atoms with Gasteiger partial charge in [0, 0.05) is 22.4 Å². The molecule has 0 spiro atoms. The van der Waals surface area contributed by atoms with Crippen molar-refractivity contribution >= 4 is 27.5 Å². The van der Waals surface area contributed by atoms with Crippen molar-refractivity contribution in [2.75, 3.05) is 0 Å². The van der Waals surface area contributed by atoms with Crippen LogP contribution in [0.5, 0.6) is 0 Å². The SMILES string of the molecule is Clc1c(Br)cccc1-c1cnccn1. The number of hydrogen-bond acceptors (Lipinski definition) is 2. The normalized spacial score (nSPS) is 10.1. The molecule has 0 radical (unpaired) electrons. The van der Waals surface area contributed by atoms with Gasteiger partial charge in [0.05, 0.1) is 16.9 Å². The summed E-state index contributed by atoms with van der Waals surface area (Å²) >= 11 is 9.48. The highest BCUT2D eigenvalue weighted by molar-refractivity contribution is 9.10. The fourth-order valence-corrected chi connectivity index (χ4v) is 1.73. The van der Waals surface area contributed by atoms with Crippen LogP contribution >= 0.6 is 27.5 Å². The maximum Gasteiger partial charge on any atom is 0.0900 e. The highest BCUT2D eigenvalue weighted by Gasteiger charge is 2.06. The second-order valence-corrected chi connectivity index (χ2v) is 3.92. The van der Waals surface area contributed by atoms with Crippen molar-refractivity contribution in [2.24, 2.45) is 0 Å². The third kappa shape index (κ3) is 1.79. The van der Waals surface area contributed by atoms with Crippen molar-refractivity contribution in [3.8, 4) is 11.3 Å². The van der Waals surface area contributed by atoms with Gasteiger partial charge >= 0.3 is 0 Å². The van der Waals surface area contributed by atoms with Crippen molar-refractivity contribution in [1.29, 1.82) is 0 Å². The molecule has 70 valence electrons. The molecule has 1 aromatic carbocycles. The van der Waals surface area contributed by atoms with Crippen molar-refractivity contribution < 1.29 is 0 Å². The van der Waals surface area contributed by atoms with Gasteiger partial charge in [-0.25, -0.2) is 0 Å². The molecular weight excluding hydrogens is 263 g/mol. The number of benzene rings is 1. The smallest absolute Gasteiger partial charge is 0.0900 e. The Hall–Kier alpha value is -0.930. The van der Waals surface area contributed by atoms with Gasteiger partial charge in [-0.05, 0) is 22.0 Å². The number of rotatable bonds is 1. The zero-order chi connectivity index (χ0) is 9.97. The summed E-state index contributed by atoms with van der Waals surface area (Å²) in [7, 11) is 0. The summed E-state index contributed by atoms with van der Waals surface area (Å²) in [5.41, 5.74) is 1.66. The van der Waals surface area contributed by atoms with E-state index in [1.54, 1.807) is 18.6 Å². The Labute approximate surface area is 95.1 Å². The Bertz CT molecular complexity index is 445. The lowest BCUT2D eigenvalue weighted by atomic mass is 10.2. The first-order valence-corrected chi connectivity index (χ1v) is 5.16.